The van der Waals surface area contributed by atoms with E-state index in [2.05, 4.69) is 5.32 Å². The molecule has 1 aromatic rings. The Kier molecular flexibility index (Phi) is 4.74. The molecule has 19 heavy (non-hydrogen) atoms. The molecule has 0 aliphatic heterocycles. The van der Waals surface area contributed by atoms with Gasteiger partial charge in [-0.15, -0.1) is 0 Å². The Morgan fingerprint density at radius 1 is 1.47 bits per heavy atom. The van der Waals surface area contributed by atoms with Gasteiger partial charge in [-0.05, 0) is 43.4 Å². The summed E-state index contributed by atoms with van der Waals surface area (Å²) in [4.78, 5) is 11.8. The Morgan fingerprint density at radius 3 is 2.95 bits per heavy atom. The van der Waals surface area contributed by atoms with Crippen molar-refractivity contribution in [1.29, 1.82) is 0 Å². The molecule has 104 valence electrons. The van der Waals surface area contributed by atoms with E-state index in [1.54, 1.807) is 0 Å². The Labute approximate surface area is 112 Å². The van der Waals surface area contributed by atoms with E-state index >= 15 is 0 Å². The van der Waals surface area contributed by atoms with Gasteiger partial charge >= 0.3 is 0 Å². The lowest BCUT2D eigenvalue weighted by atomic mass is 10.1. The molecule has 0 bridgehead atoms. The van der Waals surface area contributed by atoms with Crippen molar-refractivity contribution in [3.8, 4) is 0 Å². The fraction of sp³-hybridized carbons (Fsp3) is 0.500. The second-order valence-electron chi connectivity index (χ2n) is 4.86. The van der Waals surface area contributed by atoms with Crippen LogP contribution in [0.25, 0.3) is 0 Å². The van der Waals surface area contributed by atoms with Crippen LogP contribution in [0.4, 0.5) is 10.1 Å². The van der Waals surface area contributed by atoms with Crippen molar-refractivity contribution in [3.05, 3.63) is 29.6 Å². The van der Waals surface area contributed by atoms with E-state index in [-0.39, 0.29) is 11.6 Å². The summed E-state index contributed by atoms with van der Waals surface area (Å²) in [5.41, 5.74) is 6.05. The first-order chi connectivity index (χ1) is 9.16. The third kappa shape index (κ3) is 4.52. The molecule has 2 rings (SSSR count). The summed E-state index contributed by atoms with van der Waals surface area (Å²) in [6, 6.07) is 3.77. The number of ether oxygens (including phenoxy) is 1. The fourth-order valence-corrected chi connectivity index (χ4v) is 1.75. The van der Waals surface area contributed by atoms with Crippen LogP contribution in [0, 0.1) is 11.7 Å². The number of anilines is 1. The SMILES string of the molecule is Nc1cc(F)ccc1C(=O)NCCCOCC1CC1. The topological polar surface area (TPSA) is 64.4 Å². The molecular weight excluding hydrogens is 247 g/mol. The van der Waals surface area contributed by atoms with Crippen LogP contribution in [0.3, 0.4) is 0 Å². The largest absolute Gasteiger partial charge is 0.398 e. The lowest BCUT2D eigenvalue weighted by Crippen LogP contribution is -2.26. The van der Waals surface area contributed by atoms with Crippen molar-refractivity contribution in [2.45, 2.75) is 19.3 Å². The second-order valence-corrected chi connectivity index (χ2v) is 4.86. The van der Waals surface area contributed by atoms with Gasteiger partial charge < -0.3 is 15.8 Å². The van der Waals surface area contributed by atoms with Crippen LogP contribution in [-0.2, 0) is 4.74 Å². The Bertz CT molecular complexity index is 447. The summed E-state index contributed by atoms with van der Waals surface area (Å²) >= 11 is 0. The van der Waals surface area contributed by atoms with Gasteiger partial charge in [0.05, 0.1) is 5.56 Å². The average molecular weight is 266 g/mol. The van der Waals surface area contributed by atoms with Gasteiger partial charge in [-0.3, -0.25) is 4.79 Å². The molecule has 1 fully saturated rings. The molecule has 1 aliphatic carbocycles. The van der Waals surface area contributed by atoms with E-state index in [0.717, 1.165) is 25.0 Å². The minimum absolute atomic E-state index is 0.155. The quantitative estimate of drug-likeness (QED) is 0.585. The smallest absolute Gasteiger partial charge is 0.253 e. The maximum Gasteiger partial charge on any atom is 0.253 e. The highest BCUT2D eigenvalue weighted by Crippen LogP contribution is 2.28. The van der Waals surface area contributed by atoms with E-state index in [0.29, 0.717) is 18.7 Å². The second kappa shape index (κ2) is 6.52. The van der Waals surface area contributed by atoms with Crippen LogP contribution < -0.4 is 11.1 Å². The molecule has 1 amide bonds. The van der Waals surface area contributed by atoms with Crippen molar-refractivity contribution < 1.29 is 13.9 Å². The van der Waals surface area contributed by atoms with Gasteiger partial charge in [-0.2, -0.15) is 0 Å². The van der Waals surface area contributed by atoms with Gasteiger partial charge in [0.2, 0.25) is 0 Å². The Hall–Kier alpha value is -1.62. The molecule has 0 unspecified atom stereocenters. The lowest BCUT2D eigenvalue weighted by molar-refractivity contribution is 0.0938. The van der Waals surface area contributed by atoms with Gasteiger partial charge in [-0.1, -0.05) is 0 Å². The zero-order valence-corrected chi connectivity index (χ0v) is 10.8. The Morgan fingerprint density at radius 2 is 2.26 bits per heavy atom. The van der Waals surface area contributed by atoms with E-state index in [4.69, 9.17) is 10.5 Å². The van der Waals surface area contributed by atoms with Crippen LogP contribution in [0.2, 0.25) is 0 Å². The maximum absolute atomic E-state index is 12.8. The van der Waals surface area contributed by atoms with Crippen LogP contribution in [0.1, 0.15) is 29.6 Å². The number of nitrogens with two attached hydrogens (primary N) is 1. The third-order valence-corrected chi connectivity index (χ3v) is 3.06. The standard InChI is InChI=1S/C14H19FN2O2/c15-11-4-5-12(13(16)8-11)14(18)17-6-1-7-19-9-10-2-3-10/h4-5,8,10H,1-3,6-7,9,16H2,(H,17,18). The molecule has 0 atom stereocenters. The van der Waals surface area contributed by atoms with Crippen LogP contribution >= 0.6 is 0 Å². The van der Waals surface area contributed by atoms with Crippen molar-refractivity contribution in [2.75, 3.05) is 25.5 Å². The van der Waals surface area contributed by atoms with Crippen molar-refractivity contribution in [3.63, 3.8) is 0 Å². The number of rotatable bonds is 7. The molecule has 1 saturated carbocycles. The molecule has 4 nitrogen and oxygen atoms in total. The summed E-state index contributed by atoms with van der Waals surface area (Å²) in [5, 5.41) is 2.74. The van der Waals surface area contributed by atoms with Gasteiger partial charge in [0.25, 0.3) is 5.91 Å². The van der Waals surface area contributed by atoms with Crippen molar-refractivity contribution in [2.24, 2.45) is 5.92 Å². The minimum atomic E-state index is -0.442. The number of nitrogens with one attached hydrogen (secondary N) is 1. The number of halogens is 1. The van der Waals surface area contributed by atoms with E-state index < -0.39 is 5.82 Å². The highest BCUT2D eigenvalue weighted by Gasteiger charge is 2.20. The molecule has 3 N–H and O–H groups in total. The molecule has 0 radical (unpaired) electrons. The predicted octanol–water partition coefficient (Wildman–Crippen LogP) is 1.95. The predicted molar refractivity (Wildman–Crippen MR) is 71.3 cm³/mol. The monoisotopic (exact) mass is 266 g/mol. The minimum Gasteiger partial charge on any atom is -0.398 e. The molecular formula is C14H19FN2O2. The molecule has 1 aliphatic rings. The summed E-state index contributed by atoms with van der Waals surface area (Å²) in [6.07, 6.45) is 3.32. The van der Waals surface area contributed by atoms with Gasteiger partial charge in [0, 0.05) is 25.4 Å². The zero-order valence-electron chi connectivity index (χ0n) is 10.8. The summed E-state index contributed by atoms with van der Waals surface area (Å²) < 4.78 is 18.3. The zero-order chi connectivity index (χ0) is 13.7. The number of carbonyl (C=O) groups excluding carboxylic acids is 1. The molecule has 1 aromatic carbocycles. The van der Waals surface area contributed by atoms with E-state index in [1.165, 1.54) is 25.0 Å². The number of hydrogen-bond acceptors (Lipinski definition) is 3. The number of carbonyl (C=O) groups is 1. The molecule has 0 aromatic heterocycles. The molecule has 0 spiro atoms. The number of amides is 1. The fourth-order valence-electron chi connectivity index (χ4n) is 1.75. The maximum atomic E-state index is 12.8. The highest BCUT2D eigenvalue weighted by atomic mass is 19.1. The summed E-state index contributed by atoms with van der Waals surface area (Å²) in [6.45, 7) is 2.01. The average Bonchev–Trinajstić information content (AvgIpc) is 3.17. The van der Waals surface area contributed by atoms with Crippen LogP contribution in [0.15, 0.2) is 18.2 Å². The first kappa shape index (κ1) is 13.8. The molecule has 0 saturated heterocycles. The summed E-state index contributed by atoms with van der Waals surface area (Å²) in [7, 11) is 0. The van der Waals surface area contributed by atoms with E-state index in [9.17, 15) is 9.18 Å². The van der Waals surface area contributed by atoms with Gasteiger partial charge in [-0.25, -0.2) is 4.39 Å². The van der Waals surface area contributed by atoms with Crippen molar-refractivity contribution in [1.82, 2.24) is 5.32 Å². The Balaban J connectivity index is 1.65. The first-order valence-corrected chi connectivity index (χ1v) is 6.58. The summed E-state index contributed by atoms with van der Waals surface area (Å²) in [5.74, 6) is 0.0378. The van der Waals surface area contributed by atoms with Crippen molar-refractivity contribution >= 4 is 11.6 Å². The normalized spacial score (nSPS) is 14.4. The van der Waals surface area contributed by atoms with Crippen LogP contribution in [-0.4, -0.2) is 25.7 Å². The highest BCUT2D eigenvalue weighted by molar-refractivity contribution is 5.99. The number of nitrogen functional groups attached to an aromatic ring is 1. The third-order valence-electron chi connectivity index (χ3n) is 3.06. The number of benzene rings is 1. The lowest BCUT2D eigenvalue weighted by Gasteiger charge is -2.08. The first-order valence-electron chi connectivity index (χ1n) is 6.58. The van der Waals surface area contributed by atoms with E-state index in [1.807, 2.05) is 0 Å². The van der Waals surface area contributed by atoms with Crippen LogP contribution in [0.5, 0.6) is 0 Å². The molecule has 0 heterocycles. The van der Waals surface area contributed by atoms with Gasteiger partial charge in [0.1, 0.15) is 5.82 Å². The number of hydrogen-bond donors (Lipinski definition) is 2. The van der Waals surface area contributed by atoms with Gasteiger partial charge in [0.15, 0.2) is 0 Å². The molecule has 5 heteroatoms.